The molecule has 0 aliphatic carbocycles. The minimum Gasteiger partial charge on any atom is -0.336 e. The molecule has 1 aromatic carbocycles. The van der Waals surface area contributed by atoms with Crippen LogP contribution in [0.5, 0.6) is 0 Å². The second kappa shape index (κ2) is 6.65. The van der Waals surface area contributed by atoms with Crippen molar-refractivity contribution in [3.05, 3.63) is 27.7 Å². The van der Waals surface area contributed by atoms with E-state index in [4.69, 9.17) is 23.2 Å². The number of carbonyl (C=O) groups is 1. The van der Waals surface area contributed by atoms with Crippen LogP contribution in [0.4, 0.5) is 0 Å². The third-order valence-electron chi connectivity index (χ3n) is 3.61. The van der Waals surface area contributed by atoms with Gasteiger partial charge in [0.15, 0.2) is 4.87 Å². The maximum Gasteiger partial charge on any atom is 0.218 e. The van der Waals surface area contributed by atoms with Crippen molar-refractivity contribution >= 4 is 54.9 Å². The molecule has 122 valence electrons. The van der Waals surface area contributed by atoms with Crippen molar-refractivity contribution < 1.29 is 13.2 Å². The number of benzene rings is 1. The van der Waals surface area contributed by atoms with E-state index in [1.807, 2.05) is 0 Å². The fourth-order valence-corrected chi connectivity index (χ4v) is 6.19. The number of rotatable bonds is 4. The van der Waals surface area contributed by atoms with Crippen molar-refractivity contribution in [2.75, 3.05) is 13.1 Å². The lowest BCUT2D eigenvalue weighted by molar-refractivity contribution is -0.119. The molecular weight excluding hydrogens is 415 g/mol. The first-order chi connectivity index (χ1) is 10.2. The van der Waals surface area contributed by atoms with Gasteiger partial charge in [-0.3, -0.25) is 4.79 Å². The summed E-state index contributed by atoms with van der Waals surface area (Å²) in [5.74, 6) is -0.405. The first-order valence-corrected chi connectivity index (χ1v) is 9.88. The fourth-order valence-electron chi connectivity index (χ4n) is 2.51. The highest BCUT2D eigenvalue weighted by Gasteiger charge is 2.48. The molecule has 2 N–H and O–H groups in total. The summed E-state index contributed by atoms with van der Waals surface area (Å²) in [5, 5.41) is 6.37. The van der Waals surface area contributed by atoms with Crippen molar-refractivity contribution in [1.29, 1.82) is 0 Å². The van der Waals surface area contributed by atoms with Gasteiger partial charge in [0.1, 0.15) is 0 Å². The van der Waals surface area contributed by atoms with E-state index in [-0.39, 0.29) is 22.9 Å². The Kier molecular flexibility index (Phi) is 5.44. The first kappa shape index (κ1) is 18.0. The van der Waals surface area contributed by atoms with Crippen molar-refractivity contribution in [3.63, 3.8) is 0 Å². The minimum atomic E-state index is -3.88. The predicted molar refractivity (Wildman–Crippen MR) is 90.3 cm³/mol. The van der Waals surface area contributed by atoms with E-state index in [9.17, 15) is 13.2 Å². The SMILES string of the molecule is CC(=O)N[C@@]1(S(=O)(=O)c2ccc(Cl)c(CBr)c2Cl)CCNC1. The number of hydrogen-bond donors (Lipinski definition) is 2. The molecule has 1 heterocycles. The smallest absolute Gasteiger partial charge is 0.218 e. The first-order valence-electron chi connectivity index (χ1n) is 6.52. The van der Waals surface area contributed by atoms with Crippen molar-refractivity contribution in [2.24, 2.45) is 0 Å². The zero-order valence-electron chi connectivity index (χ0n) is 11.8. The van der Waals surface area contributed by atoms with Crippen molar-refractivity contribution in [1.82, 2.24) is 10.6 Å². The highest BCUT2D eigenvalue weighted by Crippen LogP contribution is 2.38. The Morgan fingerprint density at radius 1 is 1.45 bits per heavy atom. The lowest BCUT2D eigenvalue weighted by atomic mass is 10.2. The van der Waals surface area contributed by atoms with Gasteiger partial charge >= 0.3 is 0 Å². The number of hydrogen-bond acceptors (Lipinski definition) is 4. The van der Waals surface area contributed by atoms with Gasteiger partial charge in [0, 0.05) is 29.4 Å². The van der Waals surface area contributed by atoms with Gasteiger partial charge in [-0.2, -0.15) is 0 Å². The van der Waals surface area contributed by atoms with E-state index in [1.54, 1.807) is 0 Å². The molecule has 1 aliphatic heterocycles. The summed E-state index contributed by atoms with van der Waals surface area (Å²) < 4.78 is 26.2. The molecule has 1 aliphatic rings. The molecule has 1 saturated heterocycles. The predicted octanol–water partition coefficient (Wildman–Crippen LogP) is 2.49. The molecule has 1 amide bonds. The number of nitrogens with one attached hydrogen (secondary N) is 2. The van der Waals surface area contributed by atoms with E-state index < -0.39 is 20.6 Å². The summed E-state index contributed by atoms with van der Waals surface area (Å²) in [6, 6.07) is 2.88. The molecule has 9 heteroatoms. The van der Waals surface area contributed by atoms with Crippen molar-refractivity contribution in [2.45, 2.75) is 28.4 Å². The quantitative estimate of drug-likeness (QED) is 0.721. The summed E-state index contributed by atoms with van der Waals surface area (Å²) in [7, 11) is -3.88. The third-order valence-corrected chi connectivity index (χ3v) is 7.47. The number of sulfone groups is 1. The van der Waals surface area contributed by atoms with Gasteiger partial charge in [-0.15, -0.1) is 0 Å². The Bertz CT molecular complexity index is 703. The normalized spacial score (nSPS) is 21.8. The van der Waals surface area contributed by atoms with E-state index in [0.717, 1.165) is 0 Å². The maximum absolute atomic E-state index is 13.1. The van der Waals surface area contributed by atoms with E-state index in [0.29, 0.717) is 22.5 Å². The number of amides is 1. The zero-order valence-corrected chi connectivity index (χ0v) is 15.7. The highest BCUT2D eigenvalue weighted by molar-refractivity contribution is 9.08. The van der Waals surface area contributed by atoms with Crippen LogP contribution in [0.3, 0.4) is 0 Å². The standard InChI is InChI=1S/C13H15BrCl2N2O3S/c1-8(19)18-13(4-5-17-7-13)22(20,21)11-3-2-10(15)9(6-14)12(11)16/h2-3,17H,4-7H2,1H3,(H,18,19)/t13-/m1/s1. The summed E-state index contributed by atoms with van der Waals surface area (Å²) in [6.45, 7) is 1.93. The molecule has 2 rings (SSSR count). The van der Waals surface area contributed by atoms with Gasteiger partial charge < -0.3 is 10.6 Å². The lowest BCUT2D eigenvalue weighted by Gasteiger charge is -2.29. The van der Waals surface area contributed by atoms with Crippen LogP contribution in [0.1, 0.15) is 18.9 Å². The monoisotopic (exact) mass is 428 g/mol. The average molecular weight is 430 g/mol. The Labute approximate surface area is 147 Å². The van der Waals surface area contributed by atoms with Crippen LogP contribution in [-0.4, -0.2) is 32.3 Å². The van der Waals surface area contributed by atoms with Crippen LogP contribution < -0.4 is 10.6 Å². The van der Waals surface area contributed by atoms with Crippen LogP contribution in [-0.2, 0) is 20.0 Å². The number of alkyl halides is 1. The van der Waals surface area contributed by atoms with E-state index in [2.05, 4.69) is 26.6 Å². The van der Waals surface area contributed by atoms with Crippen LogP contribution in [0.15, 0.2) is 17.0 Å². The molecule has 0 saturated carbocycles. The Morgan fingerprint density at radius 3 is 2.64 bits per heavy atom. The fraction of sp³-hybridized carbons (Fsp3) is 0.462. The van der Waals surface area contributed by atoms with Gasteiger partial charge in [0.05, 0.1) is 9.92 Å². The summed E-state index contributed by atoms with van der Waals surface area (Å²) in [4.78, 5) is 10.1. The Hall–Kier alpha value is -0.340. The zero-order chi connectivity index (χ0) is 16.5. The molecule has 5 nitrogen and oxygen atoms in total. The molecule has 1 atom stereocenters. The minimum absolute atomic E-state index is 0.0227. The largest absolute Gasteiger partial charge is 0.336 e. The molecule has 1 fully saturated rings. The molecular formula is C13H15BrCl2N2O3S. The molecule has 0 aromatic heterocycles. The molecule has 0 bridgehead atoms. The van der Waals surface area contributed by atoms with E-state index >= 15 is 0 Å². The maximum atomic E-state index is 13.1. The average Bonchev–Trinajstić information content (AvgIpc) is 2.88. The van der Waals surface area contributed by atoms with Crippen LogP contribution in [0.2, 0.25) is 10.0 Å². The Balaban J connectivity index is 2.61. The highest BCUT2D eigenvalue weighted by atomic mass is 79.9. The van der Waals surface area contributed by atoms with E-state index in [1.165, 1.54) is 19.1 Å². The molecule has 1 aromatic rings. The second-order valence-corrected chi connectivity index (χ2v) is 8.65. The molecule has 22 heavy (non-hydrogen) atoms. The van der Waals surface area contributed by atoms with Gasteiger partial charge in [0.2, 0.25) is 15.7 Å². The van der Waals surface area contributed by atoms with Gasteiger partial charge in [-0.25, -0.2) is 8.42 Å². The molecule has 0 radical (unpaired) electrons. The van der Waals surface area contributed by atoms with Crippen LogP contribution >= 0.6 is 39.1 Å². The number of halogens is 3. The van der Waals surface area contributed by atoms with Gasteiger partial charge in [-0.1, -0.05) is 39.1 Å². The lowest BCUT2D eigenvalue weighted by Crippen LogP contribution is -2.55. The number of carbonyl (C=O) groups excluding carboxylic acids is 1. The van der Waals surface area contributed by atoms with Crippen LogP contribution in [0.25, 0.3) is 0 Å². The van der Waals surface area contributed by atoms with Crippen molar-refractivity contribution in [3.8, 4) is 0 Å². The topological polar surface area (TPSA) is 75.3 Å². The van der Waals surface area contributed by atoms with Crippen LogP contribution in [0, 0.1) is 0 Å². The second-order valence-electron chi connectivity index (χ2n) is 5.08. The Morgan fingerprint density at radius 2 is 2.14 bits per heavy atom. The van der Waals surface area contributed by atoms with Gasteiger partial charge in [-0.05, 0) is 25.1 Å². The summed E-state index contributed by atoms with van der Waals surface area (Å²) >= 11 is 15.5. The molecule has 0 unspecified atom stereocenters. The summed E-state index contributed by atoms with van der Waals surface area (Å²) in [5.41, 5.74) is 0.508. The summed E-state index contributed by atoms with van der Waals surface area (Å²) in [6.07, 6.45) is 0.275. The van der Waals surface area contributed by atoms with Gasteiger partial charge in [0.25, 0.3) is 0 Å². The molecule has 0 spiro atoms. The third kappa shape index (κ3) is 3.01.